The summed E-state index contributed by atoms with van der Waals surface area (Å²) in [5.41, 5.74) is 0.150. The lowest BCUT2D eigenvalue weighted by Gasteiger charge is -2.34. The quantitative estimate of drug-likeness (QED) is 0.846. The van der Waals surface area contributed by atoms with Gasteiger partial charge in [0, 0.05) is 6.04 Å². The number of ketones is 1. The molecule has 0 aliphatic heterocycles. The molecule has 4 nitrogen and oxygen atoms in total. The van der Waals surface area contributed by atoms with E-state index < -0.39 is 5.82 Å². The van der Waals surface area contributed by atoms with Gasteiger partial charge in [-0.2, -0.15) is 0 Å². The first kappa shape index (κ1) is 17.4. The third-order valence-corrected chi connectivity index (χ3v) is 4.73. The first-order chi connectivity index (χ1) is 10.9. The van der Waals surface area contributed by atoms with Crippen LogP contribution < -0.4 is 10.1 Å². The largest absolute Gasteiger partial charge is 0.483 e. The smallest absolute Gasteiger partial charge is 0.258 e. The van der Waals surface area contributed by atoms with E-state index >= 15 is 0 Å². The van der Waals surface area contributed by atoms with E-state index in [4.69, 9.17) is 4.74 Å². The second-order valence-electron chi connectivity index (χ2n) is 6.43. The molecule has 1 aromatic rings. The van der Waals surface area contributed by atoms with Gasteiger partial charge in [-0.3, -0.25) is 9.59 Å². The van der Waals surface area contributed by atoms with Crippen molar-refractivity contribution in [2.75, 3.05) is 6.61 Å². The summed E-state index contributed by atoms with van der Waals surface area (Å²) in [5, 5.41) is 3.01. The number of carbonyl (C=O) groups is 2. The standard InChI is InChI=1S/C18H24FNO3/c1-11-5-4-6-16(12(11)2)20-18(22)10-23-17-8-7-14(19)9-15(17)13(3)21/h7-9,11-12,16H,4-6,10H2,1-3H3,(H,20,22). The third kappa shape index (κ3) is 4.53. The van der Waals surface area contributed by atoms with Crippen LogP contribution in [0.15, 0.2) is 18.2 Å². The molecule has 3 unspecified atom stereocenters. The number of hydrogen-bond donors (Lipinski definition) is 1. The lowest BCUT2D eigenvalue weighted by Crippen LogP contribution is -2.45. The number of Topliss-reactive ketones (excluding diaryl/α,β-unsaturated/α-hetero) is 1. The Labute approximate surface area is 136 Å². The number of ether oxygens (including phenoxy) is 1. The number of rotatable bonds is 5. The van der Waals surface area contributed by atoms with Crippen molar-refractivity contribution in [1.29, 1.82) is 0 Å². The second kappa shape index (κ2) is 7.57. The van der Waals surface area contributed by atoms with Gasteiger partial charge in [0.15, 0.2) is 12.4 Å². The maximum atomic E-state index is 13.2. The Bertz CT molecular complexity index is 588. The molecule has 1 aliphatic carbocycles. The van der Waals surface area contributed by atoms with Crippen molar-refractivity contribution in [2.45, 2.75) is 46.1 Å². The molecule has 0 radical (unpaired) electrons. The minimum atomic E-state index is -0.503. The van der Waals surface area contributed by atoms with Crippen LogP contribution in [-0.2, 0) is 4.79 Å². The number of benzene rings is 1. The van der Waals surface area contributed by atoms with Gasteiger partial charge in [0.2, 0.25) is 0 Å². The molecule has 5 heteroatoms. The minimum absolute atomic E-state index is 0.150. The molecule has 0 saturated heterocycles. The number of carbonyl (C=O) groups excluding carboxylic acids is 2. The highest BCUT2D eigenvalue weighted by Gasteiger charge is 2.28. The lowest BCUT2D eigenvalue weighted by atomic mass is 9.78. The van der Waals surface area contributed by atoms with Crippen molar-refractivity contribution in [3.63, 3.8) is 0 Å². The summed E-state index contributed by atoms with van der Waals surface area (Å²) < 4.78 is 18.6. The highest BCUT2D eigenvalue weighted by molar-refractivity contribution is 5.96. The molecule has 1 saturated carbocycles. The van der Waals surface area contributed by atoms with Crippen LogP contribution in [0.25, 0.3) is 0 Å². The van der Waals surface area contributed by atoms with Crippen LogP contribution in [0.5, 0.6) is 5.75 Å². The molecule has 1 fully saturated rings. The van der Waals surface area contributed by atoms with Gasteiger partial charge < -0.3 is 10.1 Å². The van der Waals surface area contributed by atoms with Crippen molar-refractivity contribution in [2.24, 2.45) is 11.8 Å². The van der Waals surface area contributed by atoms with E-state index in [-0.39, 0.29) is 35.7 Å². The predicted molar refractivity (Wildman–Crippen MR) is 86.0 cm³/mol. The molecule has 0 spiro atoms. The van der Waals surface area contributed by atoms with Gasteiger partial charge in [-0.25, -0.2) is 4.39 Å². The zero-order valence-corrected chi connectivity index (χ0v) is 13.9. The minimum Gasteiger partial charge on any atom is -0.483 e. The Balaban J connectivity index is 1.93. The van der Waals surface area contributed by atoms with Gasteiger partial charge in [-0.15, -0.1) is 0 Å². The molecule has 126 valence electrons. The van der Waals surface area contributed by atoms with Crippen LogP contribution in [0, 0.1) is 17.7 Å². The summed E-state index contributed by atoms with van der Waals surface area (Å²) >= 11 is 0. The number of halogens is 1. The van der Waals surface area contributed by atoms with E-state index in [1.807, 2.05) is 0 Å². The van der Waals surface area contributed by atoms with Crippen molar-refractivity contribution in [1.82, 2.24) is 5.32 Å². The first-order valence-corrected chi connectivity index (χ1v) is 8.11. The highest BCUT2D eigenvalue weighted by atomic mass is 19.1. The molecule has 3 atom stereocenters. The fraction of sp³-hybridized carbons (Fsp3) is 0.556. The maximum absolute atomic E-state index is 13.2. The fourth-order valence-electron chi connectivity index (χ4n) is 3.08. The van der Waals surface area contributed by atoms with E-state index in [1.54, 1.807) is 0 Å². The normalized spacial score (nSPS) is 24.1. The third-order valence-electron chi connectivity index (χ3n) is 4.73. The average molecular weight is 321 g/mol. The SMILES string of the molecule is CC(=O)c1cc(F)ccc1OCC(=O)NC1CCCC(C)C1C. The molecule has 1 aromatic carbocycles. The summed E-state index contributed by atoms with van der Waals surface area (Å²) in [7, 11) is 0. The molecule has 2 rings (SSSR count). The van der Waals surface area contributed by atoms with E-state index in [0.717, 1.165) is 18.9 Å². The predicted octanol–water partition coefficient (Wildman–Crippen LogP) is 3.35. The molecule has 0 heterocycles. The van der Waals surface area contributed by atoms with Crippen LogP contribution in [0.1, 0.15) is 50.4 Å². The Hall–Kier alpha value is -1.91. The second-order valence-corrected chi connectivity index (χ2v) is 6.43. The van der Waals surface area contributed by atoms with Gasteiger partial charge in [0.1, 0.15) is 11.6 Å². The van der Waals surface area contributed by atoms with Crippen LogP contribution in [-0.4, -0.2) is 24.3 Å². The molecule has 0 aromatic heterocycles. The molecule has 23 heavy (non-hydrogen) atoms. The van der Waals surface area contributed by atoms with Crippen LogP contribution in [0.3, 0.4) is 0 Å². The Morgan fingerprint density at radius 1 is 1.30 bits per heavy atom. The summed E-state index contributed by atoms with van der Waals surface area (Å²) in [4.78, 5) is 23.6. The highest BCUT2D eigenvalue weighted by Crippen LogP contribution is 2.29. The zero-order valence-electron chi connectivity index (χ0n) is 13.9. The summed E-state index contributed by atoms with van der Waals surface area (Å²) in [6.07, 6.45) is 3.29. The Kier molecular flexibility index (Phi) is 5.74. The molecular weight excluding hydrogens is 297 g/mol. The average Bonchev–Trinajstić information content (AvgIpc) is 2.50. The van der Waals surface area contributed by atoms with Crippen molar-refractivity contribution >= 4 is 11.7 Å². The van der Waals surface area contributed by atoms with Gasteiger partial charge in [-0.05, 0) is 43.4 Å². The topological polar surface area (TPSA) is 55.4 Å². The van der Waals surface area contributed by atoms with Gasteiger partial charge in [-0.1, -0.05) is 26.7 Å². The summed E-state index contributed by atoms with van der Waals surface area (Å²) in [5.74, 6) is 0.253. The van der Waals surface area contributed by atoms with E-state index in [1.165, 1.54) is 25.5 Å². The van der Waals surface area contributed by atoms with Crippen molar-refractivity contribution < 1.29 is 18.7 Å². The molecule has 1 N–H and O–H groups in total. The summed E-state index contributed by atoms with van der Waals surface area (Å²) in [6.45, 7) is 5.52. The Morgan fingerprint density at radius 2 is 2.04 bits per heavy atom. The van der Waals surface area contributed by atoms with Crippen molar-refractivity contribution in [3.05, 3.63) is 29.6 Å². The van der Waals surface area contributed by atoms with E-state index in [0.29, 0.717) is 11.8 Å². The number of amides is 1. The van der Waals surface area contributed by atoms with Gasteiger partial charge in [0.05, 0.1) is 5.56 Å². The zero-order chi connectivity index (χ0) is 17.0. The molecular formula is C18H24FNO3. The van der Waals surface area contributed by atoms with Crippen LogP contribution >= 0.6 is 0 Å². The van der Waals surface area contributed by atoms with Crippen molar-refractivity contribution in [3.8, 4) is 5.75 Å². The lowest BCUT2D eigenvalue weighted by molar-refractivity contribution is -0.124. The maximum Gasteiger partial charge on any atom is 0.258 e. The molecule has 0 bridgehead atoms. The monoisotopic (exact) mass is 321 g/mol. The Morgan fingerprint density at radius 3 is 2.74 bits per heavy atom. The van der Waals surface area contributed by atoms with E-state index in [2.05, 4.69) is 19.2 Å². The van der Waals surface area contributed by atoms with Crippen LogP contribution in [0.2, 0.25) is 0 Å². The summed E-state index contributed by atoms with van der Waals surface area (Å²) in [6, 6.07) is 3.88. The van der Waals surface area contributed by atoms with Gasteiger partial charge in [0.25, 0.3) is 5.91 Å². The molecule has 1 aliphatic rings. The van der Waals surface area contributed by atoms with Crippen LogP contribution in [0.4, 0.5) is 4.39 Å². The number of nitrogens with one attached hydrogen (secondary N) is 1. The first-order valence-electron chi connectivity index (χ1n) is 8.11. The molecule has 1 amide bonds. The number of hydrogen-bond acceptors (Lipinski definition) is 3. The fourth-order valence-corrected chi connectivity index (χ4v) is 3.08. The van der Waals surface area contributed by atoms with E-state index in [9.17, 15) is 14.0 Å². The van der Waals surface area contributed by atoms with Gasteiger partial charge >= 0.3 is 0 Å².